The summed E-state index contributed by atoms with van der Waals surface area (Å²) in [6.07, 6.45) is 2.37. The Morgan fingerprint density at radius 1 is 1.27 bits per heavy atom. The summed E-state index contributed by atoms with van der Waals surface area (Å²) in [6, 6.07) is 0. The highest BCUT2D eigenvalue weighted by molar-refractivity contribution is 5.10. The molecular formula is C10H18O. The van der Waals surface area contributed by atoms with Crippen molar-refractivity contribution >= 4 is 0 Å². The summed E-state index contributed by atoms with van der Waals surface area (Å²) >= 11 is 0. The molecule has 1 N–H and O–H groups in total. The molecule has 0 aromatic heterocycles. The van der Waals surface area contributed by atoms with E-state index in [1.165, 1.54) is 6.42 Å². The van der Waals surface area contributed by atoms with E-state index in [-0.39, 0.29) is 6.10 Å². The highest BCUT2D eigenvalue weighted by Gasteiger charge is 2.62. The first-order chi connectivity index (χ1) is 5.03. The SMILES string of the molecule is C[C@H]1C[C@H](O)[C@@H]2[C@H](C1)C2(C)C. The van der Waals surface area contributed by atoms with Crippen LogP contribution in [0.25, 0.3) is 0 Å². The fourth-order valence-electron chi connectivity index (χ4n) is 3.09. The van der Waals surface area contributed by atoms with Crippen molar-refractivity contribution in [3.8, 4) is 0 Å². The molecule has 2 aliphatic carbocycles. The maximum atomic E-state index is 9.73. The van der Waals surface area contributed by atoms with Gasteiger partial charge in [-0.05, 0) is 36.0 Å². The highest BCUT2D eigenvalue weighted by atomic mass is 16.3. The Labute approximate surface area is 68.8 Å². The monoisotopic (exact) mass is 154 g/mol. The van der Waals surface area contributed by atoms with Crippen LogP contribution in [0.5, 0.6) is 0 Å². The fraction of sp³-hybridized carbons (Fsp3) is 1.00. The van der Waals surface area contributed by atoms with Gasteiger partial charge in [0.2, 0.25) is 0 Å². The maximum Gasteiger partial charge on any atom is 0.0579 e. The van der Waals surface area contributed by atoms with Gasteiger partial charge < -0.3 is 5.11 Å². The Balaban J connectivity index is 2.11. The molecule has 4 atom stereocenters. The van der Waals surface area contributed by atoms with Crippen molar-refractivity contribution in [3.05, 3.63) is 0 Å². The second-order valence-corrected chi connectivity index (χ2v) is 5.10. The molecule has 0 radical (unpaired) electrons. The van der Waals surface area contributed by atoms with Crippen LogP contribution in [0.15, 0.2) is 0 Å². The number of aliphatic hydroxyl groups excluding tert-OH is 1. The van der Waals surface area contributed by atoms with Gasteiger partial charge in [-0.15, -0.1) is 0 Å². The minimum atomic E-state index is -0.00116. The number of fused-ring (bicyclic) bond motifs is 1. The minimum Gasteiger partial charge on any atom is -0.393 e. The van der Waals surface area contributed by atoms with Crippen LogP contribution in [0.3, 0.4) is 0 Å². The number of hydrogen-bond donors (Lipinski definition) is 1. The van der Waals surface area contributed by atoms with Crippen LogP contribution in [0, 0.1) is 23.2 Å². The predicted octanol–water partition coefficient (Wildman–Crippen LogP) is 2.05. The Bertz CT molecular complexity index is 174. The smallest absolute Gasteiger partial charge is 0.0579 e. The van der Waals surface area contributed by atoms with Gasteiger partial charge in [-0.25, -0.2) is 0 Å². The first-order valence-corrected chi connectivity index (χ1v) is 4.71. The summed E-state index contributed by atoms with van der Waals surface area (Å²) in [4.78, 5) is 0. The lowest BCUT2D eigenvalue weighted by atomic mass is 9.89. The molecule has 64 valence electrons. The van der Waals surface area contributed by atoms with E-state index in [0.717, 1.165) is 18.3 Å². The number of aliphatic hydroxyl groups is 1. The fourth-order valence-corrected chi connectivity index (χ4v) is 3.09. The van der Waals surface area contributed by atoms with Crippen LogP contribution >= 0.6 is 0 Å². The van der Waals surface area contributed by atoms with Crippen LogP contribution in [-0.4, -0.2) is 11.2 Å². The zero-order chi connectivity index (χ0) is 8.22. The van der Waals surface area contributed by atoms with Crippen LogP contribution in [0.2, 0.25) is 0 Å². The molecule has 0 amide bonds. The Hall–Kier alpha value is -0.0400. The summed E-state index contributed by atoms with van der Waals surface area (Å²) in [5.74, 6) is 2.19. The first-order valence-electron chi connectivity index (χ1n) is 4.71. The third-order valence-electron chi connectivity index (χ3n) is 3.85. The average Bonchev–Trinajstić information content (AvgIpc) is 2.34. The molecule has 0 aromatic rings. The van der Waals surface area contributed by atoms with Gasteiger partial charge in [-0.2, -0.15) is 0 Å². The molecule has 2 rings (SSSR count). The molecule has 0 spiro atoms. The molecule has 1 nitrogen and oxygen atoms in total. The predicted molar refractivity (Wildman–Crippen MR) is 45.2 cm³/mol. The molecule has 0 bridgehead atoms. The van der Waals surface area contributed by atoms with Crippen molar-refractivity contribution in [2.45, 2.75) is 39.7 Å². The van der Waals surface area contributed by atoms with Gasteiger partial charge in [0.15, 0.2) is 0 Å². The van der Waals surface area contributed by atoms with E-state index < -0.39 is 0 Å². The standard InChI is InChI=1S/C10H18O/c1-6-4-7-9(8(11)5-6)10(7,2)3/h6-9,11H,4-5H2,1-3H3/t6-,7+,8+,9+/m1/s1. The second kappa shape index (κ2) is 2.01. The second-order valence-electron chi connectivity index (χ2n) is 5.10. The van der Waals surface area contributed by atoms with E-state index in [9.17, 15) is 5.11 Å². The summed E-state index contributed by atoms with van der Waals surface area (Å²) in [7, 11) is 0. The quantitative estimate of drug-likeness (QED) is 0.566. The van der Waals surface area contributed by atoms with E-state index in [2.05, 4.69) is 20.8 Å². The Kier molecular flexibility index (Phi) is 1.39. The van der Waals surface area contributed by atoms with Crippen molar-refractivity contribution in [1.29, 1.82) is 0 Å². The molecule has 2 fully saturated rings. The van der Waals surface area contributed by atoms with Crippen molar-refractivity contribution in [2.75, 3.05) is 0 Å². The van der Waals surface area contributed by atoms with Crippen LogP contribution < -0.4 is 0 Å². The molecule has 2 saturated carbocycles. The normalized spacial score (nSPS) is 53.5. The van der Waals surface area contributed by atoms with Gasteiger partial charge in [-0.3, -0.25) is 0 Å². The Morgan fingerprint density at radius 3 is 2.45 bits per heavy atom. The van der Waals surface area contributed by atoms with Crippen LogP contribution in [-0.2, 0) is 0 Å². The van der Waals surface area contributed by atoms with Gasteiger partial charge in [-0.1, -0.05) is 20.8 Å². The molecule has 11 heavy (non-hydrogen) atoms. The lowest BCUT2D eigenvalue weighted by Crippen LogP contribution is -2.20. The first kappa shape index (κ1) is 7.60. The van der Waals surface area contributed by atoms with Crippen molar-refractivity contribution < 1.29 is 5.11 Å². The van der Waals surface area contributed by atoms with E-state index in [4.69, 9.17) is 0 Å². The van der Waals surface area contributed by atoms with Crippen LogP contribution in [0.1, 0.15) is 33.6 Å². The van der Waals surface area contributed by atoms with Gasteiger partial charge in [0.25, 0.3) is 0 Å². The molecule has 0 saturated heterocycles. The topological polar surface area (TPSA) is 20.2 Å². The average molecular weight is 154 g/mol. The van der Waals surface area contributed by atoms with Crippen molar-refractivity contribution in [1.82, 2.24) is 0 Å². The summed E-state index contributed by atoms with van der Waals surface area (Å²) < 4.78 is 0. The highest BCUT2D eigenvalue weighted by Crippen LogP contribution is 2.65. The third-order valence-corrected chi connectivity index (χ3v) is 3.85. The van der Waals surface area contributed by atoms with E-state index in [1.807, 2.05) is 0 Å². The summed E-state index contributed by atoms with van der Waals surface area (Å²) in [6.45, 7) is 6.85. The van der Waals surface area contributed by atoms with Crippen LogP contribution in [0.4, 0.5) is 0 Å². The largest absolute Gasteiger partial charge is 0.393 e. The zero-order valence-electron chi connectivity index (χ0n) is 7.67. The van der Waals surface area contributed by atoms with Crippen molar-refractivity contribution in [2.24, 2.45) is 23.2 Å². The summed E-state index contributed by atoms with van der Waals surface area (Å²) in [5.41, 5.74) is 0.449. The number of rotatable bonds is 0. The maximum absolute atomic E-state index is 9.73. The van der Waals surface area contributed by atoms with Gasteiger partial charge in [0, 0.05) is 0 Å². The summed E-state index contributed by atoms with van der Waals surface area (Å²) in [5, 5.41) is 9.73. The number of hydrogen-bond acceptors (Lipinski definition) is 1. The molecule has 1 heteroatoms. The van der Waals surface area contributed by atoms with E-state index in [1.54, 1.807) is 0 Å². The van der Waals surface area contributed by atoms with Gasteiger partial charge >= 0.3 is 0 Å². The molecule has 0 aromatic carbocycles. The van der Waals surface area contributed by atoms with E-state index >= 15 is 0 Å². The lowest BCUT2D eigenvalue weighted by molar-refractivity contribution is 0.0889. The molecule has 0 unspecified atom stereocenters. The molecule has 0 aliphatic heterocycles. The van der Waals surface area contributed by atoms with Crippen molar-refractivity contribution in [3.63, 3.8) is 0 Å². The van der Waals surface area contributed by atoms with Gasteiger partial charge in [0.1, 0.15) is 0 Å². The molecular weight excluding hydrogens is 136 g/mol. The Morgan fingerprint density at radius 2 is 1.91 bits per heavy atom. The van der Waals surface area contributed by atoms with E-state index in [0.29, 0.717) is 11.3 Å². The molecule has 0 heterocycles. The third kappa shape index (κ3) is 0.936. The molecule has 2 aliphatic rings. The van der Waals surface area contributed by atoms with Gasteiger partial charge in [0.05, 0.1) is 6.10 Å². The lowest BCUT2D eigenvalue weighted by Gasteiger charge is -2.21. The zero-order valence-corrected chi connectivity index (χ0v) is 7.67. The minimum absolute atomic E-state index is 0.00116.